The van der Waals surface area contributed by atoms with Crippen LogP contribution in [0.1, 0.15) is 18.9 Å². The lowest BCUT2D eigenvalue weighted by atomic mass is 9.96. The summed E-state index contributed by atoms with van der Waals surface area (Å²) in [4.78, 5) is 12.9. The molecule has 2 N–H and O–H groups in total. The number of nitrogens with zero attached hydrogens (tertiary/aromatic N) is 1. The van der Waals surface area contributed by atoms with Gasteiger partial charge in [0, 0.05) is 24.3 Å². The molecule has 2 aliphatic rings. The molecule has 8 heteroatoms. The van der Waals surface area contributed by atoms with Gasteiger partial charge >= 0.3 is 12.1 Å². The maximum Gasteiger partial charge on any atom is 0.416 e. The van der Waals surface area contributed by atoms with Gasteiger partial charge in [-0.15, -0.1) is 0 Å². The Balaban J connectivity index is 1.73. The number of alkyl halides is 3. The van der Waals surface area contributed by atoms with Crippen LogP contribution in [0.25, 0.3) is 11.1 Å². The SMILES string of the molecule is CCC1CNc2c(cc(C(F)(F)F)cc2-c2cccc(N3CC(C(=O)O)C3)c2)O1. The van der Waals surface area contributed by atoms with Crippen molar-refractivity contribution in [3.63, 3.8) is 0 Å². The number of aliphatic carboxylic acids is 1. The monoisotopic (exact) mass is 406 g/mol. The molecular weight excluding hydrogens is 385 g/mol. The van der Waals surface area contributed by atoms with Crippen LogP contribution in [0.3, 0.4) is 0 Å². The minimum atomic E-state index is -4.49. The van der Waals surface area contributed by atoms with Crippen molar-refractivity contribution < 1.29 is 27.8 Å². The van der Waals surface area contributed by atoms with Gasteiger partial charge in [0.15, 0.2) is 0 Å². The first-order chi connectivity index (χ1) is 13.8. The zero-order valence-corrected chi connectivity index (χ0v) is 15.8. The summed E-state index contributed by atoms with van der Waals surface area (Å²) in [5, 5.41) is 12.3. The molecule has 0 saturated carbocycles. The number of carboxylic acids is 1. The smallest absolute Gasteiger partial charge is 0.416 e. The molecule has 154 valence electrons. The van der Waals surface area contributed by atoms with E-state index in [4.69, 9.17) is 9.84 Å². The number of anilines is 2. The molecular formula is C21H21F3N2O3. The lowest BCUT2D eigenvalue weighted by Crippen LogP contribution is -2.50. The molecule has 0 radical (unpaired) electrons. The van der Waals surface area contributed by atoms with E-state index in [-0.39, 0.29) is 11.9 Å². The van der Waals surface area contributed by atoms with Crippen molar-refractivity contribution in [3.05, 3.63) is 42.0 Å². The van der Waals surface area contributed by atoms with Crippen molar-refractivity contribution in [2.24, 2.45) is 5.92 Å². The number of nitrogens with one attached hydrogen (secondary N) is 1. The summed E-state index contributed by atoms with van der Waals surface area (Å²) in [6, 6.07) is 9.33. The van der Waals surface area contributed by atoms with Crippen LogP contribution in [0.15, 0.2) is 36.4 Å². The Morgan fingerprint density at radius 3 is 2.69 bits per heavy atom. The lowest BCUT2D eigenvalue weighted by molar-refractivity contribution is -0.142. The molecule has 2 heterocycles. The van der Waals surface area contributed by atoms with Crippen molar-refractivity contribution >= 4 is 17.3 Å². The zero-order valence-electron chi connectivity index (χ0n) is 15.8. The van der Waals surface area contributed by atoms with E-state index in [0.717, 1.165) is 17.8 Å². The Bertz CT molecular complexity index is 939. The molecule has 0 spiro atoms. The highest BCUT2D eigenvalue weighted by atomic mass is 19.4. The molecule has 1 atom stereocenters. The number of hydrogen-bond acceptors (Lipinski definition) is 4. The second kappa shape index (κ2) is 7.17. The molecule has 0 bridgehead atoms. The first-order valence-corrected chi connectivity index (χ1v) is 9.50. The molecule has 1 unspecified atom stereocenters. The Morgan fingerprint density at radius 2 is 2.03 bits per heavy atom. The topological polar surface area (TPSA) is 61.8 Å². The Kier molecular flexibility index (Phi) is 4.80. The third kappa shape index (κ3) is 3.71. The molecule has 0 amide bonds. The number of rotatable bonds is 4. The standard InChI is InChI=1S/C21H21F3N2O3/c1-2-16-9-25-19-17(7-14(21(22,23)24)8-18(19)29-16)12-4-3-5-15(6-12)26-10-13(11-26)20(27)28/h3-8,13,16,25H,2,9-11H2,1H3,(H,27,28). The second-order valence-electron chi connectivity index (χ2n) is 7.41. The predicted octanol–water partition coefficient (Wildman–Crippen LogP) is 4.48. The van der Waals surface area contributed by atoms with Crippen molar-refractivity contribution in [1.29, 1.82) is 0 Å². The summed E-state index contributed by atoms with van der Waals surface area (Å²) >= 11 is 0. The molecule has 1 saturated heterocycles. The van der Waals surface area contributed by atoms with Gasteiger partial charge in [0.05, 0.1) is 23.7 Å². The zero-order chi connectivity index (χ0) is 20.8. The first-order valence-electron chi connectivity index (χ1n) is 9.50. The van der Waals surface area contributed by atoms with E-state index < -0.39 is 23.6 Å². The summed E-state index contributed by atoms with van der Waals surface area (Å²) in [7, 11) is 0. The third-order valence-electron chi connectivity index (χ3n) is 5.44. The molecule has 0 aliphatic carbocycles. The lowest BCUT2D eigenvalue weighted by Gasteiger charge is -2.38. The fraction of sp³-hybridized carbons (Fsp3) is 0.381. The van der Waals surface area contributed by atoms with Crippen LogP contribution in [0.4, 0.5) is 24.5 Å². The predicted molar refractivity (Wildman–Crippen MR) is 103 cm³/mol. The van der Waals surface area contributed by atoms with Crippen molar-refractivity contribution in [2.75, 3.05) is 29.9 Å². The van der Waals surface area contributed by atoms with Gasteiger partial charge in [-0.25, -0.2) is 0 Å². The third-order valence-corrected chi connectivity index (χ3v) is 5.44. The summed E-state index contributed by atoms with van der Waals surface area (Å²) in [6.45, 7) is 3.22. The summed E-state index contributed by atoms with van der Waals surface area (Å²) in [6.07, 6.45) is -3.98. The average molecular weight is 406 g/mol. The molecule has 4 rings (SSSR count). The Labute approximate surface area is 166 Å². The van der Waals surface area contributed by atoms with Gasteiger partial charge in [-0.1, -0.05) is 19.1 Å². The van der Waals surface area contributed by atoms with Gasteiger partial charge in [-0.2, -0.15) is 13.2 Å². The number of hydrogen-bond donors (Lipinski definition) is 2. The number of halogens is 3. The van der Waals surface area contributed by atoms with Crippen LogP contribution in [0.2, 0.25) is 0 Å². The fourth-order valence-corrected chi connectivity index (χ4v) is 3.66. The largest absolute Gasteiger partial charge is 0.486 e. The maximum absolute atomic E-state index is 13.5. The number of fused-ring (bicyclic) bond motifs is 1. The van der Waals surface area contributed by atoms with Gasteiger partial charge in [-0.3, -0.25) is 4.79 Å². The second-order valence-corrected chi connectivity index (χ2v) is 7.41. The van der Waals surface area contributed by atoms with Crippen molar-refractivity contribution in [3.8, 4) is 16.9 Å². The van der Waals surface area contributed by atoms with E-state index >= 15 is 0 Å². The molecule has 1 fully saturated rings. The van der Waals surface area contributed by atoms with Crippen molar-refractivity contribution in [1.82, 2.24) is 0 Å². The number of carboxylic acid groups (broad SMARTS) is 1. The van der Waals surface area contributed by atoms with Gasteiger partial charge in [-0.05, 0) is 36.2 Å². The Hall–Kier alpha value is -2.90. The summed E-state index contributed by atoms with van der Waals surface area (Å²) in [5.41, 5.74) is 1.61. The van der Waals surface area contributed by atoms with E-state index in [2.05, 4.69) is 5.32 Å². The first kappa shape index (κ1) is 19.4. The van der Waals surface area contributed by atoms with Gasteiger partial charge in [0.25, 0.3) is 0 Å². The minimum Gasteiger partial charge on any atom is -0.486 e. The van der Waals surface area contributed by atoms with E-state index in [1.807, 2.05) is 17.9 Å². The van der Waals surface area contributed by atoms with Crippen LogP contribution in [-0.4, -0.2) is 36.8 Å². The van der Waals surface area contributed by atoms with E-state index in [1.54, 1.807) is 18.2 Å². The fourth-order valence-electron chi connectivity index (χ4n) is 3.66. The molecule has 29 heavy (non-hydrogen) atoms. The van der Waals surface area contributed by atoms with E-state index in [9.17, 15) is 18.0 Å². The highest BCUT2D eigenvalue weighted by Gasteiger charge is 2.35. The van der Waals surface area contributed by atoms with Crippen LogP contribution in [0, 0.1) is 5.92 Å². The quantitative estimate of drug-likeness (QED) is 0.784. The van der Waals surface area contributed by atoms with Gasteiger partial charge in [0.1, 0.15) is 11.9 Å². The van der Waals surface area contributed by atoms with Crippen LogP contribution < -0.4 is 15.0 Å². The van der Waals surface area contributed by atoms with Crippen molar-refractivity contribution in [2.45, 2.75) is 25.6 Å². The highest BCUT2D eigenvalue weighted by Crippen LogP contribution is 2.44. The summed E-state index contributed by atoms with van der Waals surface area (Å²) < 4.78 is 46.2. The van der Waals surface area contributed by atoms with Crippen LogP contribution >= 0.6 is 0 Å². The molecule has 0 aromatic heterocycles. The number of ether oxygens (including phenoxy) is 1. The molecule has 2 aromatic carbocycles. The van der Waals surface area contributed by atoms with Crippen LogP contribution in [-0.2, 0) is 11.0 Å². The minimum absolute atomic E-state index is 0.181. The van der Waals surface area contributed by atoms with Gasteiger partial charge < -0.3 is 20.1 Å². The number of benzene rings is 2. The normalized spacial score (nSPS) is 19.0. The van der Waals surface area contributed by atoms with Crippen LogP contribution in [0.5, 0.6) is 5.75 Å². The number of carbonyl (C=O) groups is 1. The van der Waals surface area contributed by atoms with E-state index in [0.29, 0.717) is 42.9 Å². The molecule has 2 aromatic rings. The molecule has 5 nitrogen and oxygen atoms in total. The highest BCUT2D eigenvalue weighted by molar-refractivity contribution is 5.85. The average Bonchev–Trinajstić information content (AvgIpc) is 2.64. The van der Waals surface area contributed by atoms with E-state index in [1.165, 1.54) is 0 Å². The summed E-state index contributed by atoms with van der Waals surface area (Å²) in [5.74, 6) is -1.05. The van der Waals surface area contributed by atoms with Gasteiger partial charge in [0.2, 0.25) is 0 Å². The molecule has 2 aliphatic heterocycles. The Morgan fingerprint density at radius 1 is 1.28 bits per heavy atom. The maximum atomic E-state index is 13.5.